The summed E-state index contributed by atoms with van der Waals surface area (Å²) in [6.07, 6.45) is 0.644. The maximum absolute atomic E-state index is 13.8. The van der Waals surface area contributed by atoms with Crippen molar-refractivity contribution in [2.24, 2.45) is 0 Å². The average molecular weight is 362 g/mol. The fraction of sp³-hybridized carbons (Fsp3) is 0.200. The first-order valence-electron chi connectivity index (χ1n) is 5.86. The van der Waals surface area contributed by atoms with E-state index in [4.69, 9.17) is 23.2 Å². The van der Waals surface area contributed by atoms with E-state index in [1.165, 1.54) is 6.07 Å². The highest BCUT2D eigenvalue weighted by molar-refractivity contribution is 9.09. The molecule has 0 bridgehead atoms. The van der Waals surface area contributed by atoms with Gasteiger partial charge in [-0.2, -0.15) is 0 Å². The van der Waals surface area contributed by atoms with Crippen molar-refractivity contribution in [1.29, 1.82) is 0 Å². The number of hydrogen-bond acceptors (Lipinski definition) is 0. The Kier molecular flexibility index (Phi) is 5.26. The van der Waals surface area contributed by atoms with Crippen LogP contribution in [-0.4, -0.2) is 5.33 Å². The molecule has 2 aromatic carbocycles. The molecule has 2 rings (SSSR count). The highest BCUT2D eigenvalue weighted by Gasteiger charge is 2.17. The highest BCUT2D eigenvalue weighted by Crippen LogP contribution is 2.31. The second-order valence-electron chi connectivity index (χ2n) is 4.29. The van der Waals surface area contributed by atoms with Gasteiger partial charge in [0.1, 0.15) is 5.82 Å². The van der Waals surface area contributed by atoms with Crippen molar-refractivity contribution in [2.75, 3.05) is 5.33 Å². The minimum atomic E-state index is -0.190. The van der Waals surface area contributed by atoms with Crippen LogP contribution in [-0.2, 0) is 6.42 Å². The monoisotopic (exact) mass is 360 g/mol. The lowest BCUT2D eigenvalue weighted by atomic mass is 9.93. The third-order valence-electron chi connectivity index (χ3n) is 3.03. The molecule has 0 aromatic heterocycles. The molecule has 0 amide bonds. The van der Waals surface area contributed by atoms with Crippen molar-refractivity contribution in [3.63, 3.8) is 0 Å². The zero-order valence-corrected chi connectivity index (χ0v) is 13.1. The molecule has 0 aliphatic heterocycles. The molecule has 100 valence electrons. The predicted octanol–water partition coefficient (Wildman–Crippen LogP) is 5.85. The molecular formula is C15H12BrCl2F. The molecule has 19 heavy (non-hydrogen) atoms. The third-order valence-corrected chi connectivity index (χ3v) is 4.67. The van der Waals surface area contributed by atoms with Gasteiger partial charge in [0, 0.05) is 11.2 Å². The minimum absolute atomic E-state index is 0.0252. The largest absolute Gasteiger partial charge is 0.207 e. The Labute approximate surface area is 130 Å². The van der Waals surface area contributed by atoms with Gasteiger partial charge in [-0.3, -0.25) is 0 Å². The average Bonchev–Trinajstić information content (AvgIpc) is 2.41. The van der Waals surface area contributed by atoms with E-state index >= 15 is 0 Å². The van der Waals surface area contributed by atoms with Crippen LogP contribution in [0.2, 0.25) is 10.0 Å². The molecule has 0 spiro atoms. The SMILES string of the molecule is Fc1ccccc1C(CBr)Cc1cccc(Cl)c1Cl. The molecule has 0 aliphatic carbocycles. The fourth-order valence-electron chi connectivity index (χ4n) is 2.03. The van der Waals surface area contributed by atoms with Crippen molar-refractivity contribution < 1.29 is 4.39 Å². The summed E-state index contributed by atoms with van der Waals surface area (Å²) < 4.78 is 13.8. The van der Waals surface area contributed by atoms with Crippen LogP contribution in [0, 0.1) is 5.82 Å². The van der Waals surface area contributed by atoms with E-state index in [9.17, 15) is 4.39 Å². The lowest BCUT2D eigenvalue weighted by molar-refractivity contribution is 0.590. The summed E-state index contributed by atoms with van der Waals surface area (Å²) in [6.45, 7) is 0. The van der Waals surface area contributed by atoms with Crippen molar-refractivity contribution in [1.82, 2.24) is 0 Å². The Balaban J connectivity index is 2.30. The Morgan fingerprint density at radius 2 is 1.79 bits per heavy atom. The van der Waals surface area contributed by atoms with E-state index in [1.54, 1.807) is 18.2 Å². The molecule has 0 heterocycles. The number of hydrogen-bond donors (Lipinski definition) is 0. The van der Waals surface area contributed by atoms with E-state index in [1.807, 2.05) is 18.2 Å². The normalized spacial score (nSPS) is 12.4. The summed E-state index contributed by atoms with van der Waals surface area (Å²) in [4.78, 5) is 0. The minimum Gasteiger partial charge on any atom is -0.207 e. The maximum Gasteiger partial charge on any atom is 0.126 e. The van der Waals surface area contributed by atoms with Crippen LogP contribution >= 0.6 is 39.1 Å². The van der Waals surface area contributed by atoms with Crippen LogP contribution in [0.4, 0.5) is 4.39 Å². The summed E-state index contributed by atoms with van der Waals surface area (Å²) in [5, 5.41) is 1.74. The van der Waals surface area contributed by atoms with E-state index in [-0.39, 0.29) is 11.7 Å². The number of rotatable bonds is 4. The topological polar surface area (TPSA) is 0 Å². The van der Waals surface area contributed by atoms with Gasteiger partial charge in [0.2, 0.25) is 0 Å². The smallest absolute Gasteiger partial charge is 0.126 e. The van der Waals surface area contributed by atoms with E-state index in [0.717, 1.165) is 5.56 Å². The van der Waals surface area contributed by atoms with Crippen molar-refractivity contribution in [3.8, 4) is 0 Å². The summed E-state index contributed by atoms with van der Waals surface area (Å²) in [5.41, 5.74) is 1.62. The molecule has 0 N–H and O–H groups in total. The molecule has 0 nitrogen and oxygen atoms in total. The van der Waals surface area contributed by atoms with Crippen LogP contribution in [0.15, 0.2) is 42.5 Å². The Morgan fingerprint density at radius 3 is 2.47 bits per heavy atom. The van der Waals surface area contributed by atoms with Crippen LogP contribution in [0.1, 0.15) is 17.0 Å². The standard InChI is InChI=1S/C15H12BrCl2F/c16-9-11(12-5-1-2-7-14(12)19)8-10-4-3-6-13(17)15(10)18/h1-7,11H,8-9H2. The Bertz CT molecular complexity index is 572. The van der Waals surface area contributed by atoms with Gasteiger partial charge in [-0.15, -0.1) is 0 Å². The van der Waals surface area contributed by atoms with E-state index < -0.39 is 0 Å². The van der Waals surface area contributed by atoms with Crippen LogP contribution in [0.3, 0.4) is 0 Å². The molecule has 2 aromatic rings. The number of benzene rings is 2. The summed E-state index contributed by atoms with van der Waals surface area (Å²) in [5.74, 6) is -0.165. The van der Waals surface area contributed by atoms with Gasteiger partial charge in [-0.25, -0.2) is 4.39 Å². The zero-order valence-electron chi connectivity index (χ0n) is 10.0. The van der Waals surface area contributed by atoms with Crippen molar-refractivity contribution in [2.45, 2.75) is 12.3 Å². The van der Waals surface area contributed by atoms with Gasteiger partial charge in [-0.05, 0) is 29.7 Å². The highest BCUT2D eigenvalue weighted by atomic mass is 79.9. The van der Waals surface area contributed by atoms with Crippen LogP contribution in [0.25, 0.3) is 0 Å². The Morgan fingerprint density at radius 1 is 1.05 bits per heavy atom. The van der Waals surface area contributed by atoms with E-state index in [0.29, 0.717) is 27.4 Å². The molecule has 0 saturated heterocycles. The fourth-order valence-corrected chi connectivity index (χ4v) is 3.00. The van der Waals surface area contributed by atoms with Crippen molar-refractivity contribution >= 4 is 39.1 Å². The molecule has 0 aliphatic rings. The molecule has 1 atom stereocenters. The summed E-state index contributed by atoms with van der Waals surface area (Å²) >= 11 is 15.6. The third kappa shape index (κ3) is 3.50. The van der Waals surface area contributed by atoms with E-state index in [2.05, 4.69) is 15.9 Å². The first-order valence-corrected chi connectivity index (χ1v) is 7.74. The van der Waals surface area contributed by atoms with Gasteiger partial charge in [0.25, 0.3) is 0 Å². The zero-order chi connectivity index (χ0) is 13.8. The molecule has 4 heteroatoms. The predicted molar refractivity (Wildman–Crippen MR) is 83.1 cm³/mol. The first-order chi connectivity index (χ1) is 9.13. The van der Waals surface area contributed by atoms with Gasteiger partial charge >= 0.3 is 0 Å². The molecular weight excluding hydrogens is 350 g/mol. The maximum atomic E-state index is 13.8. The second-order valence-corrected chi connectivity index (χ2v) is 5.72. The summed E-state index contributed by atoms with van der Waals surface area (Å²) in [6, 6.07) is 12.3. The van der Waals surface area contributed by atoms with Gasteiger partial charge in [0.05, 0.1) is 10.0 Å². The van der Waals surface area contributed by atoms with Gasteiger partial charge in [0.15, 0.2) is 0 Å². The van der Waals surface area contributed by atoms with Crippen molar-refractivity contribution in [3.05, 3.63) is 69.5 Å². The molecule has 0 radical (unpaired) electrons. The molecule has 1 unspecified atom stereocenters. The number of alkyl halides is 1. The quantitative estimate of drug-likeness (QED) is 0.599. The number of halogens is 4. The van der Waals surface area contributed by atoms with Crippen LogP contribution < -0.4 is 0 Å². The lowest BCUT2D eigenvalue weighted by Crippen LogP contribution is -2.07. The first kappa shape index (κ1) is 14.8. The summed E-state index contributed by atoms with van der Waals surface area (Å²) in [7, 11) is 0. The second kappa shape index (κ2) is 6.74. The van der Waals surface area contributed by atoms with Crippen LogP contribution in [0.5, 0.6) is 0 Å². The van der Waals surface area contributed by atoms with Gasteiger partial charge in [-0.1, -0.05) is 69.5 Å². The molecule has 0 fully saturated rings. The molecule has 0 saturated carbocycles. The van der Waals surface area contributed by atoms with Gasteiger partial charge < -0.3 is 0 Å². The lowest BCUT2D eigenvalue weighted by Gasteiger charge is -2.16. The Hall–Kier alpha value is -0.570.